The van der Waals surface area contributed by atoms with E-state index in [-0.39, 0.29) is 0 Å². The van der Waals surface area contributed by atoms with Crippen LogP contribution in [0.2, 0.25) is 39.3 Å². The van der Waals surface area contributed by atoms with Gasteiger partial charge in [0.1, 0.15) is 26.0 Å². The first kappa shape index (κ1) is 14.4. The molecule has 0 bridgehead atoms. The van der Waals surface area contributed by atoms with Gasteiger partial charge in [-0.25, -0.2) is 0 Å². The number of nitrogens with one attached hydrogen (secondary N) is 1. The van der Waals surface area contributed by atoms with Gasteiger partial charge in [0.15, 0.2) is 0 Å². The highest BCUT2D eigenvalue weighted by molar-refractivity contribution is 6.90. The molecular formula is C6H22ClNSi3. The summed E-state index contributed by atoms with van der Waals surface area (Å²) in [6.07, 6.45) is 0. The molecule has 0 rings (SSSR count). The summed E-state index contributed by atoms with van der Waals surface area (Å²) in [6.45, 7) is 14.1. The average Bonchev–Trinajstić information content (AvgIpc) is 1.60. The van der Waals surface area contributed by atoms with Crippen molar-refractivity contribution in [3.8, 4) is 0 Å². The van der Waals surface area contributed by atoms with E-state index in [1.165, 1.54) is 0 Å². The lowest BCUT2D eigenvalue weighted by Gasteiger charge is -2.28. The Hall–Kier alpha value is 0.901. The molecule has 0 aromatic carbocycles. The SMILES string of the molecule is C[Si](C)(C)N[Si](C)(C)C.[SiH3]Cl. The molecule has 0 radical (unpaired) electrons. The Morgan fingerprint density at radius 3 is 1.00 bits per heavy atom. The van der Waals surface area contributed by atoms with Gasteiger partial charge < -0.3 is 4.65 Å². The summed E-state index contributed by atoms with van der Waals surface area (Å²) in [7, 11) is -1.18. The normalized spacial score (nSPS) is 12.3. The van der Waals surface area contributed by atoms with Gasteiger partial charge in [-0.05, 0) is 0 Å². The molecule has 0 aliphatic rings. The van der Waals surface area contributed by atoms with Gasteiger partial charge in [0.2, 0.25) is 0 Å². The van der Waals surface area contributed by atoms with Crippen LogP contribution in [0.25, 0.3) is 0 Å². The van der Waals surface area contributed by atoms with E-state index in [1.807, 2.05) is 0 Å². The van der Waals surface area contributed by atoms with Crippen LogP contribution in [0.3, 0.4) is 0 Å². The second-order valence-electron chi connectivity index (χ2n) is 4.62. The largest absolute Gasteiger partial charge is 0.360 e. The lowest BCUT2D eigenvalue weighted by atomic mass is 11.8. The summed E-state index contributed by atoms with van der Waals surface area (Å²) in [5, 5.41) is 0. The van der Waals surface area contributed by atoms with Crippen molar-refractivity contribution in [2.45, 2.75) is 39.3 Å². The summed E-state index contributed by atoms with van der Waals surface area (Å²) in [4.78, 5) is 0. The Bertz CT molecular complexity index is 83.0. The third-order valence-corrected chi connectivity index (χ3v) is 6.75. The number of hydrogen-bond donors (Lipinski definition) is 1. The molecule has 0 unspecified atom stereocenters. The fourth-order valence-corrected chi connectivity index (χ4v) is 10.1. The predicted molar refractivity (Wildman–Crippen MR) is 65.6 cm³/mol. The smallest absolute Gasteiger partial charge is 0.109 e. The van der Waals surface area contributed by atoms with Crippen molar-refractivity contribution in [1.82, 2.24) is 4.65 Å². The van der Waals surface area contributed by atoms with E-state index < -0.39 is 16.5 Å². The van der Waals surface area contributed by atoms with Crippen molar-refractivity contribution >= 4 is 37.1 Å². The summed E-state index contributed by atoms with van der Waals surface area (Å²) in [6, 6.07) is 0. The Kier molecular flexibility index (Phi) is 7.25. The molecule has 0 aliphatic carbocycles. The Balaban J connectivity index is 0. The molecule has 0 amide bonds. The minimum atomic E-state index is -0.981. The molecule has 0 saturated heterocycles. The van der Waals surface area contributed by atoms with Crippen LogP contribution in [0.5, 0.6) is 0 Å². The monoisotopic (exact) mass is 227 g/mol. The molecule has 0 saturated carbocycles. The Morgan fingerprint density at radius 1 is 0.818 bits per heavy atom. The zero-order valence-corrected chi connectivity index (χ0v) is 13.6. The first-order valence-corrected chi connectivity index (χ1v) is 13.9. The summed E-state index contributed by atoms with van der Waals surface area (Å²) in [5.41, 5.74) is 0. The summed E-state index contributed by atoms with van der Waals surface area (Å²) < 4.78 is 3.74. The molecule has 0 spiro atoms. The first-order valence-electron chi connectivity index (χ1n) is 3.88. The second-order valence-corrected chi connectivity index (χ2v) is 14.6. The topological polar surface area (TPSA) is 12.0 Å². The highest BCUT2D eigenvalue weighted by Crippen LogP contribution is 2.02. The molecule has 1 nitrogen and oxygen atoms in total. The van der Waals surface area contributed by atoms with Crippen molar-refractivity contribution in [2.24, 2.45) is 0 Å². The van der Waals surface area contributed by atoms with Crippen molar-refractivity contribution < 1.29 is 0 Å². The number of rotatable bonds is 2. The van der Waals surface area contributed by atoms with Gasteiger partial charge in [0.05, 0.1) is 0 Å². The second kappa shape index (κ2) is 5.53. The fourth-order valence-electron chi connectivity index (χ4n) is 1.12. The minimum absolute atomic E-state index is 0.778. The highest BCUT2D eigenvalue weighted by Gasteiger charge is 2.22. The molecule has 0 fully saturated rings. The van der Waals surface area contributed by atoms with Crippen molar-refractivity contribution in [2.75, 3.05) is 0 Å². The summed E-state index contributed by atoms with van der Waals surface area (Å²) in [5.74, 6) is 0. The summed E-state index contributed by atoms with van der Waals surface area (Å²) >= 11 is 4.78. The molecule has 0 aromatic rings. The van der Waals surface area contributed by atoms with E-state index in [2.05, 4.69) is 43.9 Å². The van der Waals surface area contributed by atoms with Crippen LogP contribution in [0.1, 0.15) is 0 Å². The van der Waals surface area contributed by atoms with Crippen LogP contribution in [0.4, 0.5) is 0 Å². The maximum absolute atomic E-state index is 4.78. The van der Waals surface area contributed by atoms with Crippen LogP contribution < -0.4 is 4.65 Å². The Morgan fingerprint density at radius 2 is 1.00 bits per heavy atom. The lowest BCUT2D eigenvalue weighted by Crippen LogP contribution is -2.55. The molecule has 0 heterocycles. The maximum Gasteiger partial charge on any atom is 0.109 e. The first-order chi connectivity index (χ1) is 4.71. The molecule has 0 aromatic heterocycles. The van der Waals surface area contributed by atoms with Gasteiger partial charge in [0.25, 0.3) is 0 Å². The van der Waals surface area contributed by atoms with Gasteiger partial charge in [0, 0.05) is 0 Å². The van der Waals surface area contributed by atoms with E-state index in [9.17, 15) is 0 Å². The Labute approximate surface area is 81.2 Å². The van der Waals surface area contributed by atoms with Gasteiger partial charge in [-0.2, -0.15) is 11.1 Å². The molecule has 5 heteroatoms. The molecule has 1 N–H and O–H groups in total. The van der Waals surface area contributed by atoms with Gasteiger partial charge >= 0.3 is 0 Å². The third kappa shape index (κ3) is 18.1. The van der Waals surface area contributed by atoms with Crippen LogP contribution in [0.15, 0.2) is 0 Å². The highest BCUT2D eigenvalue weighted by atomic mass is 35.6. The van der Waals surface area contributed by atoms with Gasteiger partial charge in [-0.3, -0.25) is 0 Å². The van der Waals surface area contributed by atoms with E-state index in [0.717, 1.165) is 9.55 Å². The maximum atomic E-state index is 4.78. The van der Waals surface area contributed by atoms with Crippen molar-refractivity contribution in [3.63, 3.8) is 0 Å². The standard InChI is InChI=1S/C6H19NSi2.ClH3Si/c1-8(2,3)7-9(4,5)6;1-2/h7H,1-6H3;2H3. The van der Waals surface area contributed by atoms with Crippen molar-refractivity contribution in [3.05, 3.63) is 0 Å². The van der Waals surface area contributed by atoms with Crippen LogP contribution >= 0.6 is 11.1 Å². The lowest BCUT2D eigenvalue weighted by molar-refractivity contribution is 1.30. The van der Waals surface area contributed by atoms with Crippen molar-refractivity contribution in [1.29, 1.82) is 0 Å². The van der Waals surface area contributed by atoms with E-state index in [4.69, 9.17) is 11.1 Å². The third-order valence-electron chi connectivity index (χ3n) is 0.750. The predicted octanol–water partition coefficient (Wildman–Crippen LogP) is 1.75. The number of halogens is 1. The van der Waals surface area contributed by atoms with Gasteiger partial charge in [-0.15, -0.1) is 0 Å². The zero-order valence-electron chi connectivity index (χ0n) is 8.88. The molecule has 0 aliphatic heterocycles. The quantitative estimate of drug-likeness (QED) is 0.560. The van der Waals surface area contributed by atoms with E-state index >= 15 is 0 Å². The molecule has 70 valence electrons. The fraction of sp³-hybridized carbons (Fsp3) is 1.00. The zero-order chi connectivity index (χ0) is 9.71. The molecule has 0 atom stereocenters. The van der Waals surface area contributed by atoms with Crippen LogP contribution in [0, 0.1) is 0 Å². The minimum Gasteiger partial charge on any atom is -0.360 e. The average molecular weight is 228 g/mol. The van der Waals surface area contributed by atoms with Gasteiger partial charge in [-0.1, -0.05) is 39.3 Å². The number of hydrogen-bond acceptors (Lipinski definition) is 1. The van der Waals surface area contributed by atoms with E-state index in [1.54, 1.807) is 0 Å². The van der Waals surface area contributed by atoms with Crippen LogP contribution in [-0.2, 0) is 0 Å². The van der Waals surface area contributed by atoms with Crippen LogP contribution in [-0.4, -0.2) is 26.0 Å². The molecule has 11 heavy (non-hydrogen) atoms. The van der Waals surface area contributed by atoms with E-state index in [0.29, 0.717) is 0 Å². The molecular weight excluding hydrogens is 206 g/mol.